The smallest absolute Gasteiger partial charge is 0.223 e. The fraction of sp³-hybridized carbons (Fsp3) is 0.545. The maximum atomic E-state index is 11.7. The molecular formula is C11H16N4O2. The van der Waals surface area contributed by atoms with Crippen LogP contribution in [0.5, 0.6) is 0 Å². The van der Waals surface area contributed by atoms with E-state index in [1.54, 1.807) is 29.9 Å². The van der Waals surface area contributed by atoms with Gasteiger partial charge in [-0.1, -0.05) is 0 Å². The zero-order valence-electron chi connectivity index (χ0n) is 9.96. The van der Waals surface area contributed by atoms with Crippen molar-refractivity contribution in [1.29, 1.82) is 0 Å². The van der Waals surface area contributed by atoms with Gasteiger partial charge in [-0.3, -0.25) is 14.3 Å². The van der Waals surface area contributed by atoms with Gasteiger partial charge in [0.05, 0.1) is 17.7 Å². The lowest BCUT2D eigenvalue weighted by Crippen LogP contribution is -2.45. The van der Waals surface area contributed by atoms with Crippen molar-refractivity contribution in [3.8, 4) is 0 Å². The number of nitrogens with zero attached hydrogens (tertiary/aromatic N) is 3. The molecule has 2 atom stereocenters. The van der Waals surface area contributed by atoms with Crippen molar-refractivity contribution in [2.45, 2.75) is 18.9 Å². The van der Waals surface area contributed by atoms with Crippen LogP contribution in [0.15, 0.2) is 12.3 Å². The SMILES string of the molecule is CN1C(=O)CC[C@H](C(N)=O)[C@H]1c1ccnn1C. The molecule has 0 radical (unpaired) electrons. The molecule has 1 aromatic rings. The molecule has 2 heterocycles. The molecule has 1 aliphatic rings. The Balaban J connectivity index is 2.40. The van der Waals surface area contributed by atoms with Crippen LogP contribution in [-0.4, -0.2) is 33.5 Å². The summed E-state index contributed by atoms with van der Waals surface area (Å²) >= 11 is 0. The second-order valence-electron chi connectivity index (χ2n) is 4.38. The Hall–Kier alpha value is -1.85. The third-order valence-corrected chi connectivity index (χ3v) is 3.39. The highest BCUT2D eigenvalue weighted by Crippen LogP contribution is 2.34. The van der Waals surface area contributed by atoms with E-state index >= 15 is 0 Å². The molecule has 2 rings (SSSR count). The fourth-order valence-electron chi connectivity index (χ4n) is 2.41. The number of hydrogen-bond acceptors (Lipinski definition) is 3. The van der Waals surface area contributed by atoms with Crippen LogP contribution in [0.4, 0.5) is 0 Å². The highest BCUT2D eigenvalue weighted by molar-refractivity contribution is 5.83. The molecule has 1 aromatic heterocycles. The van der Waals surface area contributed by atoms with Crippen LogP contribution in [0.1, 0.15) is 24.6 Å². The van der Waals surface area contributed by atoms with Gasteiger partial charge >= 0.3 is 0 Å². The van der Waals surface area contributed by atoms with Crippen molar-refractivity contribution in [2.75, 3.05) is 7.05 Å². The molecule has 0 saturated carbocycles. The third kappa shape index (κ3) is 1.90. The standard InChI is InChI=1S/C11H16N4O2/c1-14-9(16)4-3-7(11(12)17)10(14)8-5-6-13-15(8)2/h5-7,10H,3-4H2,1-2H3,(H2,12,17)/t7-,10-/m0/s1. The molecule has 0 aromatic carbocycles. The molecule has 0 aliphatic carbocycles. The lowest BCUT2D eigenvalue weighted by atomic mass is 9.86. The number of nitrogens with two attached hydrogens (primary N) is 1. The normalized spacial score (nSPS) is 25.1. The van der Waals surface area contributed by atoms with Crippen LogP contribution in [-0.2, 0) is 16.6 Å². The number of amides is 2. The number of aromatic nitrogens is 2. The van der Waals surface area contributed by atoms with E-state index in [0.29, 0.717) is 12.8 Å². The molecule has 2 N–H and O–H groups in total. The minimum atomic E-state index is -0.365. The van der Waals surface area contributed by atoms with Crippen molar-refractivity contribution in [3.63, 3.8) is 0 Å². The van der Waals surface area contributed by atoms with E-state index in [9.17, 15) is 9.59 Å². The number of piperidine rings is 1. The van der Waals surface area contributed by atoms with Gasteiger partial charge in [-0.05, 0) is 12.5 Å². The maximum absolute atomic E-state index is 11.7. The molecule has 6 nitrogen and oxygen atoms in total. The summed E-state index contributed by atoms with van der Waals surface area (Å²) in [6, 6.07) is 1.51. The van der Waals surface area contributed by atoms with E-state index < -0.39 is 0 Å². The fourth-order valence-corrected chi connectivity index (χ4v) is 2.41. The minimum Gasteiger partial charge on any atom is -0.369 e. The molecule has 2 amide bonds. The second-order valence-corrected chi connectivity index (χ2v) is 4.38. The van der Waals surface area contributed by atoms with Gasteiger partial charge in [-0.15, -0.1) is 0 Å². The topological polar surface area (TPSA) is 81.2 Å². The minimum absolute atomic E-state index is 0.0358. The molecule has 92 valence electrons. The molecule has 1 fully saturated rings. The van der Waals surface area contributed by atoms with E-state index in [2.05, 4.69) is 5.10 Å². The number of hydrogen-bond donors (Lipinski definition) is 1. The number of likely N-dealkylation sites (tertiary alicyclic amines) is 1. The van der Waals surface area contributed by atoms with Gasteiger partial charge < -0.3 is 10.6 Å². The molecule has 6 heteroatoms. The van der Waals surface area contributed by atoms with Crippen molar-refractivity contribution in [3.05, 3.63) is 18.0 Å². The van der Waals surface area contributed by atoms with Crippen molar-refractivity contribution >= 4 is 11.8 Å². The van der Waals surface area contributed by atoms with Gasteiger partial charge in [0.25, 0.3) is 0 Å². The number of carbonyl (C=O) groups is 2. The van der Waals surface area contributed by atoms with Crippen molar-refractivity contribution in [1.82, 2.24) is 14.7 Å². The summed E-state index contributed by atoms with van der Waals surface area (Å²) in [5, 5.41) is 4.07. The largest absolute Gasteiger partial charge is 0.369 e. The predicted molar refractivity (Wildman–Crippen MR) is 60.6 cm³/mol. The van der Waals surface area contributed by atoms with Crippen LogP contribution in [0.25, 0.3) is 0 Å². The van der Waals surface area contributed by atoms with Crippen LogP contribution in [0.2, 0.25) is 0 Å². The van der Waals surface area contributed by atoms with E-state index in [-0.39, 0.29) is 23.8 Å². The first kappa shape index (κ1) is 11.6. The number of primary amides is 1. The Morgan fingerprint density at radius 2 is 2.24 bits per heavy atom. The van der Waals surface area contributed by atoms with E-state index in [4.69, 9.17) is 5.73 Å². The summed E-state index contributed by atoms with van der Waals surface area (Å²) in [5.74, 6) is -0.669. The van der Waals surface area contributed by atoms with Crippen LogP contribution < -0.4 is 5.73 Å². The van der Waals surface area contributed by atoms with E-state index in [0.717, 1.165) is 5.69 Å². The Morgan fingerprint density at radius 1 is 1.53 bits per heavy atom. The summed E-state index contributed by atoms with van der Waals surface area (Å²) in [5.41, 5.74) is 6.25. The first-order valence-corrected chi connectivity index (χ1v) is 5.55. The molecule has 1 saturated heterocycles. The zero-order chi connectivity index (χ0) is 12.6. The molecule has 0 unspecified atom stereocenters. The quantitative estimate of drug-likeness (QED) is 0.773. The lowest BCUT2D eigenvalue weighted by Gasteiger charge is -2.37. The van der Waals surface area contributed by atoms with E-state index in [1.807, 2.05) is 6.07 Å². The highest BCUT2D eigenvalue weighted by atomic mass is 16.2. The Kier molecular flexibility index (Phi) is 2.87. The Bertz CT molecular complexity index is 454. The van der Waals surface area contributed by atoms with Gasteiger partial charge in [0.15, 0.2) is 0 Å². The monoisotopic (exact) mass is 236 g/mol. The summed E-state index contributed by atoms with van der Waals surface area (Å²) in [7, 11) is 3.50. The van der Waals surface area contributed by atoms with Gasteiger partial charge in [-0.2, -0.15) is 5.10 Å². The molecule has 17 heavy (non-hydrogen) atoms. The summed E-state index contributed by atoms with van der Waals surface area (Å²) in [6.07, 6.45) is 2.53. The second kappa shape index (κ2) is 4.20. The number of aryl methyl sites for hydroxylation is 1. The first-order valence-electron chi connectivity index (χ1n) is 5.55. The average molecular weight is 236 g/mol. The molecule has 0 spiro atoms. The first-order chi connectivity index (χ1) is 8.02. The van der Waals surface area contributed by atoms with Crippen LogP contribution in [0.3, 0.4) is 0 Å². The number of carbonyl (C=O) groups excluding carboxylic acids is 2. The predicted octanol–water partition coefficient (Wildman–Crippen LogP) is -0.185. The molecular weight excluding hydrogens is 220 g/mol. The van der Waals surface area contributed by atoms with Crippen molar-refractivity contribution in [2.24, 2.45) is 18.7 Å². The molecule has 1 aliphatic heterocycles. The summed E-state index contributed by atoms with van der Waals surface area (Å²) in [4.78, 5) is 24.8. The van der Waals surface area contributed by atoms with Crippen LogP contribution in [0, 0.1) is 5.92 Å². The summed E-state index contributed by atoms with van der Waals surface area (Å²) in [6.45, 7) is 0. The molecule has 0 bridgehead atoms. The van der Waals surface area contributed by atoms with Gasteiger partial charge in [0, 0.05) is 26.7 Å². The highest BCUT2D eigenvalue weighted by Gasteiger charge is 2.39. The van der Waals surface area contributed by atoms with Gasteiger partial charge in [0.2, 0.25) is 11.8 Å². The Morgan fingerprint density at radius 3 is 2.76 bits per heavy atom. The van der Waals surface area contributed by atoms with Gasteiger partial charge in [0.1, 0.15) is 0 Å². The third-order valence-electron chi connectivity index (χ3n) is 3.39. The lowest BCUT2D eigenvalue weighted by molar-refractivity contribution is -0.140. The average Bonchev–Trinajstić information content (AvgIpc) is 2.68. The number of rotatable bonds is 2. The van der Waals surface area contributed by atoms with Crippen LogP contribution >= 0.6 is 0 Å². The Labute approximate surface area is 99.4 Å². The van der Waals surface area contributed by atoms with E-state index in [1.165, 1.54) is 0 Å². The zero-order valence-corrected chi connectivity index (χ0v) is 9.96. The summed E-state index contributed by atoms with van der Waals surface area (Å²) < 4.78 is 1.68. The van der Waals surface area contributed by atoms with Gasteiger partial charge in [-0.25, -0.2) is 0 Å². The maximum Gasteiger partial charge on any atom is 0.223 e. The van der Waals surface area contributed by atoms with Crippen molar-refractivity contribution < 1.29 is 9.59 Å².